The van der Waals surface area contributed by atoms with Crippen LogP contribution in [0.25, 0.3) is 10.9 Å². The molecule has 136 valence electrons. The van der Waals surface area contributed by atoms with Crippen molar-refractivity contribution in [2.24, 2.45) is 0 Å². The number of esters is 1. The predicted octanol–water partition coefficient (Wildman–Crippen LogP) is 4.46. The van der Waals surface area contributed by atoms with E-state index in [9.17, 15) is 9.59 Å². The third-order valence-corrected chi connectivity index (χ3v) is 5.08. The van der Waals surface area contributed by atoms with E-state index in [0.29, 0.717) is 11.1 Å². The van der Waals surface area contributed by atoms with E-state index in [1.807, 2.05) is 43.3 Å². The lowest BCUT2D eigenvalue weighted by Crippen LogP contribution is -2.18. The molecule has 0 N–H and O–H groups in total. The fourth-order valence-electron chi connectivity index (χ4n) is 3.63. The van der Waals surface area contributed by atoms with Crippen molar-refractivity contribution in [2.45, 2.75) is 32.6 Å². The van der Waals surface area contributed by atoms with Crippen LogP contribution < -0.4 is 0 Å². The molecule has 0 amide bonds. The molecule has 1 heterocycles. The van der Waals surface area contributed by atoms with Crippen LogP contribution in [0.3, 0.4) is 0 Å². The molecule has 4 heteroatoms. The molecule has 4 rings (SSSR count). The van der Waals surface area contributed by atoms with Crippen molar-refractivity contribution in [3.63, 3.8) is 0 Å². The van der Waals surface area contributed by atoms with Crippen molar-refractivity contribution >= 4 is 22.7 Å². The molecule has 3 aromatic rings. The SMILES string of the molecule is Cc1ccc(C(=O)COC(=O)c2c3c(nc4ccccc24)CCCC3)cc1. The van der Waals surface area contributed by atoms with Gasteiger partial charge in [-0.05, 0) is 44.2 Å². The summed E-state index contributed by atoms with van der Waals surface area (Å²) >= 11 is 0. The number of fused-ring (bicyclic) bond motifs is 2. The molecule has 1 aromatic heterocycles. The highest BCUT2D eigenvalue weighted by molar-refractivity contribution is 6.06. The molecule has 2 aromatic carbocycles. The molecule has 1 aliphatic rings. The fraction of sp³-hybridized carbons (Fsp3) is 0.261. The van der Waals surface area contributed by atoms with Crippen LogP contribution >= 0.6 is 0 Å². The van der Waals surface area contributed by atoms with Gasteiger partial charge < -0.3 is 4.74 Å². The first-order valence-corrected chi connectivity index (χ1v) is 9.31. The minimum atomic E-state index is -0.438. The summed E-state index contributed by atoms with van der Waals surface area (Å²) in [4.78, 5) is 30.0. The van der Waals surface area contributed by atoms with Crippen LogP contribution in [-0.4, -0.2) is 23.3 Å². The lowest BCUT2D eigenvalue weighted by atomic mass is 9.90. The van der Waals surface area contributed by atoms with Gasteiger partial charge >= 0.3 is 5.97 Å². The number of Topliss-reactive ketones (excluding diaryl/α,β-unsaturated/α-hetero) is 1. The van der Waals surface area contributed by atoms with Gasteiger partial charge in [0.1, 0.15) is 0 Å². The molecule has 0 atom stereocenters. The maximum absolute atomic E-state index is 12.9. The van der Waals surface area contributed by atoms with Gasteiger partial charge in [-0.25, -0.2) is 4.79 Å². The molecular formula is C23H21NO3. The van der Waals surface area contributed by atoms with E-state index >= 15 is 0 Å². The van der Waals surface area contributed by atoms with Gasteiger partial charge in [0.2, 0.25) is 0 Å². The van der Waals surface area contributed by atoms with Gasteiger partial charge in [0, 0.05) is 16.6 Å². The van der Waals surface area contributed by atoms with Crippen molar-refractivity contribution < 1.29 is 14.3 Å². The molecule has 1 aliphatic carbocycles. The number of hydrogen-bond acceptors (Lipinski definition) is 4. The average Bonchev–Trinajstić information content (AvgIpc) is 2.70. The summed E-state index contributed by atoms with van der Waals surface area (Å²) < 4.78 is 5.43. The Hall–Kier alpha value is -3.01. The summed E-state index contributed by atoms with van der Waals surface area (Å²) in [7, 11) is 0. The maximum Gasteiger partial charge on any atom is 0.339 e. The van der Waals surface area contributed by atoms with E-state index < -0.39 is 5.97 Å². The molecule has 0 spiro atoms. The van der Waals surface area contributed by atoms with Crippen molar-refractivity contribution in [3.8, 4) is 0 Å². The first kappa shape index (κ1) is 17.4. The van der Waals surface area contributed by atoms with Gasteiger partial charge in [0.25, 0.3) is 0 Å². The zero-order chi connectivity index (χ0) is 18.8. The summed E-state index contributed by atoms with van der Waals surface area (Å²) in [6.45, 7) is 1.71. The first-order valence-electron chi connectivity index (χ1n) is 9.31. The van der Waals surface area contributed by atoms with Crippen LogP contribution in [0.5, 0.6) is 0 Å². The molecule has 0 radical (unpaired) electrons. The van der Waals surface area contributed by atoms with E-state index in [1.54, 1.807) is 12.1 Å². The Kier molecular flexibility index (Phi) is 4.71. The molecule has 0 aliphatic heterocycles. The van der Waals surface area contributed by atoms with Crippen molar-refractivity contribution in [2.75, 3.05) is 6.61 Å². The Labute approximate surface area is 158 Å². The fourth-order valence-corrected chi connectivity index (χ4v) is 3.63. The number of aryl methyl sites for hydroxylation is 2. The second-order valence-corrected chi connectivity index (χ2v) is 7.00. The number of carbonyl (C=O) groups is 2. The summed E-state index contributed by atoms with van der Waals surface area (Å²) in [5.41, 5.74) is 4.97. The number of hydrogen-bond donors (Lipinski definition) is 0. The molecule has 4 nitrogen and oxygen atoms in total. The largest absolute Gasteiger partial charge is 0.454 e. The number of ketones is 1. The van der Waals surface area contributed by atoms with Crippen LogP contribution in [0.1, 0.15) is 50.4 Å². The number of rotatable bonds is 4. The third kappa shape index (κ3) is 3.47. The number of aromatic nitrogens is 1. The van der Waals surface area contributed by atoms with Crippen molar-refractivity contribution in [3.05, 3.63) is 76.5 Å². The van der Waals surface area contributed by atoms with Crippen LogP contribution in [0, 0.1) is 6.92 Å². The Balaban J connectivity index is 1.62. The van der Waals surface area contributed by atoms with Gasteiger partial charge in [0.05, 0.1) is 11.1 Å². The Morgan fingerprint density at radius 1 is 1.00 bits per heavy atom. The number of para-hydroxylation sites is 1. The second kappa shape index (κ2) is 7.31. The lowest BCUT2D eigenvalue weighted by Gasteiger charge is -2.19. The number of benzene rings is 2. The highest BCUT2D eigenvalue weighted by Crippen LogP contribution is 2.29. The topological polar surface area (TPSA) is 56.3 Å². The van der Waals surface area contributed by atoms with E-state index in [4.69, 9.17) is 9.72 Å². The van der Waals surface area contributed by atoms with Crippen LogP contribution in [0.2, 0.25) is 0 Å². The molecule has 0 fully saturated rings. The maximum atomic E-state index is 12.9. The smallest absolute Gasteiger partial charge is 0.339 e. The first-order chi connectivity index (χ1) is 13.1. The van der Waals surface area contributed by atoms with Crippen molar-refractivity contribution in [1.82, 2.24) is 4.98 Å². The van der Waals surface area contributed by atoms with Crippen LogP contribution in [0.4, 0.5) is 0 Å². The number of nitrogens with zero attached hydrogens (tertiary/aromatic N) is 1. The van der Waals surface area contributed by atoms with E-state index in [0.717, 1.165) is 53.4 Å². The van der Waals surface area contributed by atoms with Gasteiger partial charge in [0.15, 0.2) is 12.4 Å². The molecule has 0 unspecified atom stereocenters. The van der Waals surface area contributed by atoms with E-state index in [1.165, 1.54) is 0 Å². The minimum absolute atomic E-state index is 0.199. The standard InChI is InChI=1S/C23H21NO3/c1-15-10-12-16(13-11-15)21(25)14-27-23(26)22-17-6-2-4-8-19(17)24-20-9-5-3-7-18(20)22/h2,4,6,8,10-13H,3,5,7,9,14H2,1H3. The quantitative estimate of drug-likeness (QED) is 0.510. The van der Waals surface area contributed by atoms with Gasteiger partial charge in [-0.15, -0.1) is 0 Å². The third-order valence-electron chi connectivity index (χ3n) is 5.08. The summed E-state index contributed by atoms with van der Waals surface area (Å²) in [5, 5.41) is 0.797. The van der Waals surface area contributed by atoms with Crippen molar-refractivity contribution in [1.29, 1.82) is 0 Å². The summed E-state index contributed by atoms with van der Waals surface area (Å²) in [5.74, 6) is -0.636. The van der Waals surface area contributed by atoms with Crippen LogP contribution in [0.15, 0.2) is 48.5 Å². The number of pyridine rings is 1. The monoisotopic (exact) mass is 359 g/mol. The average molecular weight is 359 g/mol. The lowest BCUT2D eigenvalue weighted by molar-refractivity contribution is 0.0475. The van der Waals surface area contributed by atoms with Gasteiger partial charge in [-0.1, -0.05) is 48.0 Å². The Bertz CT molecular complexity index is 1020. The molecule has 0 bridgehead atoms. The van der Waals surface area contributed by atoms with Crippen LogP contribution in [-0.2, 0) is 17.6 Å². The van der Waals surface area contributed by atoms with Gasteiger partial charge in [-0.2, -0.15) is 0 Å². The number of ether oxygens (including phenoxy) is 1. The normalized spacial score (nSPS) is 13.2. The second-order valence-electron chi connectivity index (χ2n) is 7.00. The number of carbonyl (C=O) groups excluding carboxylic acids is 2. The molecular weight excluding hydrogens is 338 g/mol. The predicted molar refractivity (Wildman–Crippen MR) is 104 cm³/mol. The highest BCUT2D eigenvalue weighted by atomic mass is 16.5. The zero-order valence-corrected chi connectivity index (χ0v) is 15.3. The van der Waals surface area contributed by atoms with E-state index in [2.05, 4.69) is 0 Å². The summed E-state index contributed by atoms with van der Waals surface area (Å²) in [6.07, 6.45) is 3.82. The molecule has 0 saturated carbocycles. The Morgan fingerprint density at radius 2 is 1.74 bits per heavy atom. The zero-order valence-electron chi connectivity index (χ0n) is 15.3. The molecule has 0 saturated heterocycles. The highest BCUT2D eigenvalue weighted by Gasteiger charge is 2.24. The minimum Gasteiger partial charge on any atom is -0.454 e. The summed E-state index contributed by atoms with van der Waals surface area (Å²) in [6, 6.07) is 14.9. The molecule has 27 heavy (non-hydrogen) atoms. The van der Waals surface area contributed by atoms with Gasteiger partial charge in [-0.3, -0.25) is 9.78 Å². The van der Waals surface area contributed by atoms with E-state index in [-0.39, 0.29) is 12.4 Å². The Morgan fingerprint density at radius 3 is 2.56 bits per heavy atom.